The van der Waals surface area contributed by atoms with Gasteiger partial charge in [0.2, 0.25) is 0 Å². The zero-order chi connectivity index (χ0) is 14.7. The molecule has 2 rings (SSSR count). The molecule has 1 heterocycles. The van der Waals surface area contributed by atoms with Crippen molar-refractivity contribution in [3.63, 3.8) is 0 Å². The molecule has 0 fully saturated rings. The molecule has 6 heteroatoms. The zero-order valence-corrected chi connectivity index (χ0v) is 14.4. The molecule has 0 saturated heterocycles. The highest BCUT2D eigenvalue weighted by atomic mass is 127. The fourth-order valence-electron chi connectivity index (χ4n) is 2.04. The molecule has 0 spiro atoms. The largest absolute Gasteiger partial charge is 0.358 e. The lowest BCUT2D eigenvalue weighted by atomic mass is 9.98. The normalized spacial score (nSPS) is 10.9. The van der Waals surface area contributed by atoms with Crippen molar-refractivity contribution in [1.29, 1.82) is 5.41 Å². The van der Waals surface area contributed by atoms with Crippen LogP contribution in [0.1, 0.15) is 11.1 Å². The van der Waals surface area contributed by atoms with E-state index in [-0.39, 0.29) is 5.56 Å². The smallest absolute Gasteiger partial charge is 0.250 e. The fraction of sp³-hybridized carbons (Fsp3) is 0.143. The van der Waals surface area contributed by atoms with Crippen LogP contribution in [0.2, 0.25) is 0 Å². The standard InChI is InChI=1S/C14H15IN3OP/c1-9-5-11(8-16)13(17-20-15)7-12(9)10-3-4-18(2)14(19)6-10/h3-8,16-17,20H,1-2H3. The average Bonchev–Trinajstić information content (AvgIpc) is 2.43. The number of halogens is 1. The summed E-state index contributed by atoms with van der Waals surface area (Å²) in [5, 5.41) is 10.7. The van der Waals surface area contributed by atoms with Crippen molar-refractivity contribution in [3.05, 3.63) is 51.9 Å². The van der Waals surface area contributed by atoms with E-state index in [0.29, 0.717) is 6.37 Å². The van der Waals surface area contributed by atoms with Gasteiger partial charge in [0.15, 0.2) is 0 Å². The monoisotopic (exact) mass is 399 g/mol. The van der Waals surface area contributed by atoms with Gasteiger partial charge in [-0.1, -0.05) is 0 Å². The van der Waals surface area contributed by atoms with Crippen LogP contribution in [0.4, 0.5) is 5.69 Å². The molecule has 0 amide bonds. The Balaban J connectivity index is 2.61. The molecule has 1 aromatic heterocycles. The maximum absolute atomic E-state index is 11.8. The molecule has 0 aliphatic heterocycles. The summed E-state index contributed by atoms with van der Waals surface area (Å²) in [6, 6.07) is 7.56. The van der Waals surface area contributed by atoms with Gasteiger partial charge in [0.25, 0.3) is 5.56 Å². The number of hydrogen-bond acceptors (Lipinski definition) is 3. The van der Waals surface area contributed by atoms with E-state index in [0.717, 1.165) is 27.9 Å². The van der Waals surface area contributed by atoms with E-state index in [2.05, 4.69) is 27.1 Å². The van der Waals surface area contributed by atoms with Crippen LogP contribution in [0, 0.1) is 12.3 Å². The molecule has 1 aromatic carbocycles. The summed E-state index contributed by atoms with van der Waals surface area (Å²) < 4.78 is 1.55. The van der Waals surface area contributed by atoms with Crippen LogP contribution in [0.3, 0.4) is 0 Å². The van der Waals surface area contributed by atoms with Crippen LogP contribution in [-0.2, 0) is 7.05 Å². The van der Waals surface area contributed by atoms with Gasteiger partial charge in [-0.05, 0) is 63.9 Å². The Hall–Kier alpha value is -1.20. The third-order valence-electron chi connectivity index (χ3n) is 3.15. The number of nitrogens with zero attached hydrogens (tertiary/aromatic N) is 1. The van der Waals surface area contributed by atoms with Crippen molar-refractivity contribution < 1.29 is 0 Å². The molecule has 0 saturated carbocycles. The SMILES string of the molecule is Cc1cc(C=N)c(NPI)cc1-c1ccn(C)c(=O)c1. The molecule has 20 heavy (non-hydrogen) atoms. The van der Waals surface area contributed by atoms with Crippen LogP contribution in [0.15, 0.2) is 35.3 Å². The second-order valence-electron chi connectivity index (χ2n) is 4.48. The molecule has 0 aliphatic rings. The van der Waals surface area contributed by atoms with Crippen molar-refractivity contribution in [1.82, 2.24) is 4.57 Å². The highest BCUT2D eigenvalue weighted by Crippen LogP contribution is 2.32. The van der Waals surface area contributed by atoms with E-state index in [1.807, 2.05) is 25.1 Å². The van der Waals surface area contributed by atoms with Gasteiger partial charge in [-0.3, -0.25) is 4.79 Å². The molecular weight excluding hydrogens is 384 g/mol. The zero-order valence-electron chi connectivity index (χ0n) is 11.2. The summed E-state index contributed by atoms with van der Waals surface area (Å²) in [7, 11) is 1.74. The summed E-state index contributed by atoms with van der Waals surface area (Å²) in [4.78, 5) is 11.8. The molecule has 4 nitrogen and oxygen atoms in total. The Morgan fingerprint density at radius 3 is 2.75 bits per heavy atom. The van der Waals surface area contributed by atoms with Gasteiger partial charge in [0.1, 0.15) is 0 Å². The van der Waals surface area contributed by atoms with Gasteiger partial charge in [0.05, 0.1) is 0 Å². The van der Waals surface area contributed by atoms with E-state index in [9.17, 15) is 4.79 Å². The first-order valence-electron chi connectivity index (χ1n) is 6.00. The number of pyridine rings is 1. The molecule has 0 bridgehead atoms. The first kappa shape index (κ1) is 15.2. The first-order valence-corrected chi connectivity index (χ1v) is 10.1. The minimum absolute atomic E-state index is 0.0247. The Morgan fingerprint density at radius 1 is 1.40 bits per heavy atom. The molecule has 0 aliphatic carbocycles. The van der Waals surface area contributed by atoms with Crippen LogP contribution >= 0.6 is 28.4 Å². The molecular formula is C14H15IN3OP. The highest BCUT2D eigenvalue weighted by molar-refractivity contribution is 14.2. The Kier molecular flexibility index (Phi) is 4.94. The first-order chi connectivity index (χ1) is 9.56. The molecule has 2 aromatic rings. The Bertz CT molecular complexity index is 712. The Labute approximate surface area is 132 Å². The Morgan fingerprint density at radius 2 is 2.15 bits per heavy atom. The van der Waals surface area contributed by atoms with E-state index < -0.39 is 0 Å². The summed E-state index contributed by atoms with van der Waals surface area (Å²) in [6.45, 7) is 2.00. The minimum Gasteiger partial charge on any atom is -0.358 e. The van der Waals surface area contributed by atoms with Crippen molar-refractivity contribution in [2.45, 2.75) is 6.92 Å². The number of aryl methyl sites for hydroxylation is 2. The third-order valence-corrected chi connectivity index (χ3v) is 4.32. The maximum Gasteiger partial charge on any atom is 0.250 e. The van der Waals surface area contributed by atoms with Crippen LogP contribution in [0.5, 0.6) is 0 Å². The van der Waals surface area contributed by atoms with Gasteiger partial charge in [0, 0.05) is 43.2 Å². The van der Waals surface area contributed by atoms with E-state index in [4.69, 9.17) is 5.41 Å². The number of hydrogen-bond donors (Lipinski definition) is 2. The van der Waals surface area contributed by atoms with Gasteiger partial charge in [-0.25, -0.2) is 0 Å². The van der Waals surface area contributed by atoms with E-state index in [1.165, 1.54) is 6.21 Å². The molecule has 1 atom stereocenters. The number of nitrogens with one attached hydrogen (secondary N) is 2. The van der Waals surface area contributed by atoms with Crippen LogP contribution < -0.4 is 10.6 Å². The quantitative estimate of drug-likeness (QED) is 0.468. The van der Waals surface area contributed by atoms with Gasteiger partial charge >= 0.3 is 0 Å². The second kappa shape index (κ2) is 6.50. The van der Waals surface area contributed by atoms with Gasteiger partial charge in [-0.2, -0.15) is 0 Å². The van der Waals surface area contributed by atoms with Crippen LogP contribution in [0.25, 0.3) is 11.1 Å². The molecule has 104 valence electrons. The van der Waals surface area contributed by atoms with Crippen molar-refractivity contribution in [3.8, 4) is 11.1 Å². The minimum atomic E-state index is -0.0247. The summed E-state index contributed by atoms with van der Waals surface area (Å²) in [5.74, 6) is 0. The highest BCUT2D eigenvalue weighted by Gasteiger charge is 2.08. The second-order valence-corrected chi connectivity index (χ2v) is 6.54. The van der Waals surface area contributed by atoms with Crippen molar-refractivity contribution in [2.24, 2.45) is 7.05 Å². The van der Waals surface area contributed by atoms with Crippen molar-refractivity contribution >= 4 is 40.3 Å². The predicted molar refractivity (Wildman–Crippen MR) is 95.7 cm³/mol. The number of aromatic nitrogens is 1. The average molecular weight is 399 g/mol. The van der Waals surface area contributed by atoms with Gasteiger partial charge < -0.3 is 15.1 Å². The lowest BCUT2D eigenvalue weighted by Crippen LogP contribution is -2.14. The van der Waals surface area contributed by atoms with E-state index in [1.54, 1.807) is 23.9 Å². The molecule has 2 N–H and O–H groups in total. The third kappa shape index (κ3) is 3.10. The lowest BCUT2D eigenvalue weighted by Gasteiger charge is -2.13. The summed E-state index contributed by atoms with van der Waals surface area (Å²) in [5.41, 5.74) is 4.74. The lowest BCUT2D eigenvalue weighted by molar-refractivity contribution is 0.861. The predicted octanol–water partition coefficient (Wildman–Crippen LogP) is 3.71. The topological polar surface area (TPSA) is 57.9 Å². The molecule has 1 unspecified atom stereocenters. The molecule has 0 radical (unpaired) electrons. The van der Waals surface area contributed by atoms with Crippen molar-refractivity contribution in [2.75, 3.05) is 5.09 Å². The van der Waals surface area contributed by atoms with Gasteiger partial charge in [-0.15, -0.1) is 0 Å². The van der Waals surface area contributed by atoms with E-state index >= 15 is 0 Å². The number of anilines is 1. The fourth-order valence-corrected chi connectivity index (χ4v) is 3.23. The number of rotatable bonds is 4. The summed E-state index contributed by atoms with van der Waals surface area (Å²) in [6.07, 6.45) is 3.65. The van der Waals surface area contributed by atoms with Crippen LogP contribution in [-0.4, -0.2) is 10.8 Å². The summed E-state index contributed by atoms with van der Waals surface area (Å²) >= 11 is 2.26. The maximum atomic E-state index is 11.8. The number of benzene rings is 1.